The second kappa shape index (κ2) is 8.06. The highest BCUT2D eigenvalue weighted by atomic mass is 35.5. The summed E-state index contributed by atoms with van der Waals surface area (Å²) in [5.41, 5.74) is 3.85. The number of halogens is 1. The van der Waals surface area contributed by atoms with Gasteiger partial charge in [0.2, 0.25) is 0 Å². The van der Waals surface area contributed by atoms with Crippen molar-refractivity contribution in [2.45, 2.75) is 12.1 Å². The lowest BCUT2D eigenvalue weighted by Crippen LogP contribution is -2.30. The minimum Gasteiger partial charge on any atom is -0.508 e. The van der Waals surface area contributed by atoms with Gasteiger partial charge >= 0.3 is 0 Å². The summed E-state index contributed by atoms with van der Waals surface area (Å²) < 4.78 is 2.11. The molecule has 0 amide bonds. The molecule has 2 atom stereocenters. The molecule has 0 radical (unpaired) electrons. The van der Waals surface area contributed by atoms with E-state index in [0.717, 1.165) is 22.8 Å². The highest BCUT2D eigenvalue weighted by Gasteiger charge is 2.42. The topological polar surface area (TPSA) is 53.3 Å². The van der Waals surface area contributed by atoms with Gasteiger partial charge in [0.25, 0.3) is 0 Å². The molecule has 1 aliphatic rings. The fourth-order valence-corrected chi connectivity index (χ4v) is 4.49. The van der Waals surface area contributed by atoms with Gasteiger partial charge in [-0.25, -0.2) is 0 Å². The van der Waals surface area contributed by atoms with Crippen LogP contribution in [-0.2, 0) is 0 Å². The van der Waals surface area contributed by atoms with Crippen LogP contribution in [0.5, 0.6) is 5.75 Å². The Morgan fingerprint density at radius 3 is 2.35 bits per heavy atom. The number of phenols is 1. The lowest BCUT2D eigenvalue weighted by Gasteiger charge is -2.29. The van der Waals surface area contributed by atoms with E-state index in [1.165, 1.54) is 0 Å². The summed E-state index contributed by atoms with van der Waals surface area (Å²) in [6.45, 7) is 0. The Morgan fingerprint density at radius 1 is 0.903 bits per heavy atom. The van der Waals surface area contributed by atoms with Gasteiger partial charge in [-0.3, -0.25) is 4.98 Å². The Kier molecular flexibility index (Phi) is 5.10. The smallest absolute Gasteiger partial charge is 0.174 e. The lowest BCUT2D eigenvalue weighted by molar-refractivity contribution is 0.475. The number of anilines is 1. The van der Waals surface area contributed by atoms with E-state index in [2.05, 4.69) is 25.8 Å². The molecule has 4 aromatic rings. The first-order valence-electron chi connectivity index (χ1n) is 9.85. The molecule has 5 rings (SSSR count). The van der Waals surface area contributed by atoms with Crippen molar-refractivity contribution in [3.63, 3.8) is 0 Å². The van der Waals surface area contributed by atoms with Crippen LogP contribution in [0, 0.1) is 0 Å². The zero-order valence-electron chi connectivity index (χ0n) is 16.4. The Bertz CT molecular complexity index is 1210. The standard InChI is InChI=1S/C24H19ClN4OS/c25-16-6-8-18(9-7-16)29-23(22(27-24(29)31)20-4-1-2-14-26-20)21-5-3-15-28(21)17-10-12-19(30)13-11-17/h1-15,22-23,30H,(H,27,31)/t22-,23+/m0/s1. The Labute approximate surface area is 190 Å². The summed E-state index contributed by atoms with van der Waals surface area (Å²) >= 11 is 11.9. The zero-order valence-corrected chi connectivity index (χ0v) is 18.0. The molecule has 154 valence electrons. The Hall–Kier alpha value is -3.35. The van der Waals surface area contributed by atoms with Crippen LogP contribution in [0.3, 0.4) is 0 Å². The predicted molar refractivity (Wildman–Crippen MR) is 127 cm³/mol. The fraction of sp³-hybridized carbons (Fsp3) is 0.0833. The zero-order chi connectivity index (χ0) is 21.4. The predicted octanol–water partition coefficient (Wildman–Crippen LogP) is 5.41. The summed E-state index contributed by atoms with van der Waals surface area (Å²) in [6.07, 6.45) is 3.81. The van der Waals surface area contributed by atoms with Gasteiger partial charge in [0.05, 0.1) is 11.7 Å². The normalized spacial score (nSPS) is 18.2. The molecular weight excluding hydrogens is 428 g/mol. The van der Waals surface area contributed by atoms with Crippen molar-refractivity contribution < 1.29 is 5.11 Å². The number of nitrogens with one attached hydrogen (secondary N) is 1. The number of phenolic OH excluding ortho intramolecular Hbond substituents is 1. The number of aromatic hydroxyl groups is 1. The molecule has 2 aromatic heterocycles. The first-order chi connectivity index (χ1) is 15.1. The van der Waals surface area contributed by atoms with Crippen molar-refractivity contribution in [1.29, 1.82) is 0 Å². The second-order valence-electron chi connectivity index (χ2n) is 7.29. The first kappa shape index (κ1) is 19.6. The number of pyridine rings is 1. The molecule has 1 saturated heterocycles. The highest BCUT2D eigenvalue weighted by molar-refractivity contribution is 7.80. The van der Waals surface area contributed by atoms with Crippen molar-refractivity contribution in [2.75, 3.05) is 4.90 Å². The van der Waals surface area contributed by atoms with E-state index in [-0.39, 0.29) is 17.8 Å². The van der Waals surface area contributed by atoms with Crippen LogP contribution in [0.25, 0.3) is 5.69 Å². The van der Waals surface area contributed by atoms with Crippen molar-refractivity contribution >= 4 is 34.6 Å². The van der Waals surface area contributed by atoms with Gasteiger partial charge in [0, 0.05) is 34.5 Å². The number of hydrogen-bond acceptors (Lipinski definition) is 3. The number of rotatable bonds is 4. The van der Waals surface area contributed by atoms with Crippen LogP contribution in [0.4, 0.5) is 5.69 Å². The van der Waals surface area contributed by atoms with E-state index in [1.54, 1.807) is 18.3 Å². The minimum atomic E-state index is -0.146. The average molecular weight is 447 g/mol. The van der Waals surface area contributed by atoms with Crippen molar-refractivity contribution in [3.05, 3.63) is 108 Å². The first-order valence-corrected chi connectivity index (χ1v) is 10.6. The minimum absolute atomic E-state index is 0.143. The van der Waals surface area contributed by atoms with Crippen molar-refractivity contribution in [3.8, 4) is 11.4 Å². The number of aromatic nitrogens is 2. The van der Waals surface area contributed by atoms with E-state index in [0.29, 0.717) is 10.1 Å². The van der Waals surface area contributed by atoms with Gasteiger partial charge in [0.1, 0.15) is 11.8 Å². The molecular formula is C24H19ClN4OS. The quantitative estimate of drug-likeness (QED) is 0.410. The third-order valence-electron chi connectivity index (χ3n) is 5.41. The molecule has 3 heterocycles. The molecule has 0 unspecified atom stereocenters. The molecule has 7 heteroatoms. The lowest BCUT2D eigenvalue weighted by atomic mass is 10.0. The molecule has 2 N–H and O–H groups in total. The molecule has 0 bridgehead atoms. The van der Waals surface area contributed by atoms with Crippen LogP contribution in [0.15, 0.2) is 91.3 Å². The molecule has 2 aromatic carbocycles. The SMILES string of the molecule is Oc1ccc(-n2cccc2[C@@H]2[C@H](c3ccccn3)NC(=S)N2c2ccc(Cl)cc2)cc1. The molecule has 31 heavy (non-hydrogen) atoms. The second-order valence-corrected chi connectivity index (χ2v) is 8.12. The van der Waals surface area contributed by atoms with Crippen LogP contribution in [0.2, 0.25) is 5.02 Å². The van der Waals surface area contributed by atoms with Gasteiger partial charge < -0.3 is 19.9 Å². The van der Waals surface area contributed by atoms with E-state index in [1.807, 2.05) is 66.9 Å². The van der Waals surface area contributed by atoms with Crippen LogP contribution >= 0.6 is 23.8 Å². The number of thiocarbonyl (C=S) groups is 1. The third kappa shape index (κ3) is 3.65. The van der Waals surface area contributed by atoms with Gasteiger partial charge in [-0.15, -0.1) is 0 Å². The maximum Gasteiger partial charge on any atom is 0.174 e. The highest BCUT2D eigenvalue weighted by Crippen LogP contribution is 2.42. The summed E-state index contributed by atoms with van der Waals surface area (Å²) in [5, 5.41) is 14.5. The van der Waals surface area contributed by atoms with Crippen molar-refractivity contribution in [1.82, 2.24) is 14.9 Å². The van der Waals surface area contributed by atoms with Crippen LogP contribution in [-0.4, -0.2) is 19.8 Å². The van der Waals surface area contributed by atoms with E-state index in [9.17, 15) is 5.11 Å². The summed E-state index contributed by atoms with van der Waals surface area (Å²) in [5.74, 6) is 0.232. The molecule has 1 aliphatic heterocycles. The van der Waals surface area contributed by atoms with Gasteiger partial charge in [0.15, 0.2) is 5.11 Å². The van der Waals surface area contributed by atoms with E-state index in [4.69, 9.17) is 23.8 Å². The Balaban J connectivity index is 1.66. The van der Waals surface area contributed by atoms with Gasteiger partial charge in [-0.1, -0.05) is 17.7 Å². The molecule has 0 aliphatic carbocycles. The number of nitrogens with zero attached hydrogens (tertiary/aromatic N) is 3. The van der Waals surface area contributed by atoms with Crippen LogP contribution < -0.4 is 10.2 Å². The number of benzene rings is 2. The third-order valence-corrected chi connectivity index (χ3v) is 5.98. The summed E-state index contributed by atoms with van der Waals surface area (Å²) in [7, 11) is 0. The van der Waals surface area contributed by atoms with Crippen LogP contribution in [0.1, 0.15) is 23.5 Å². The maximum atomic E-state index is 9.71. The monoisotopic (exact) mass is 446 g/mol. The van der Waals surface area contributed by atoms with E-state index < -0.39 is 0 Å². The molecule has 1 fully saturated rings. The summed E-state index contributed by atoms with van der Waals surface area (Å²) in [4.78, 5) is 6.71. The van der Waals surface area contributed by atoms with Crippen molar-refractivity contribution in [2.24, 2.45) is 0 Å². The van der Waals surface area contributed by atoms with E-state index >= 15 is 0 Å². The fourth-order valence-electron chi connectivity index (χ4n) is 4.02. The van der Waals surface area contributed by atoms with Gasteiger partial charge in [-0.05, 0) is 85.0 Å². The molecule has 0 spiro atoms. The average Bonchev–Trinajstić information content (AvgIpc) is 3.40. The maximum absolute atomic E-state index is 9.71. The summed E-state index contributed by atoms with van der Waals surface area (Å²) in [6, 6.07) is 24.5. The number of hydrogen-bond donors (Lipinski definition) is 2. The Morgan fingerprint density at radius 2 is 1.65 bits per heavy atom. The van der Waals surface area contributed by atoms with Gasteiger partial charge in [-0.2, -0.15) is 0 Å². The molecule has 5 nitrogen and oxygen atoms in total. The largest absolute Gasteiger partial charge is 0.508 e. The molecule has 0 saturated carbocycles.